The van der Waals surface area contributed by atoms with Crippen molar-refractivity contribution in [2.45, 2.75) is 52.4 Å². The van der Waals surface area contributed by atoms with Gasteiger partial charge in [-0.25, -0.2) is 4.79 Å². The van der Waals surface area contributed by atoms with E-state index in [9.17, 15) is 4.79 Å². The lowest BCUT2D eigenvalue weighted by Gasteiger charge is -2.16. The summed E-state index contributed by atoms with van der Waals surface area (Å²) in [5.74, 6) is 0.265. The minimum Gasteiger partial charge on any atom is -0.462 e. The highest BCUT2D eigenvalue weighted by Gasteiger charge is 2.12. The van der Waals surface area contributed by atoms with Gasteiger partial charge < -0.3 is 4.74 Å². The van der Waals surface area contributed by atoms with E-state index in [0.29, 0.717) is 18.1 Å². The number of hydrogen-bond donors (Lipinski definition) is 0. The summed E-state index contributed by atoms with van der Waals surface area (Å²) in [5, 5.41) is 0. The van der Waals surface area contributed by atoms with Gasteiger partial charge in [0.05, 0.1) is 12.2 Å². The highest BCUT2D eigenvalue weighted by Crippen LogP contribution is 2.16. The Bertz CT molecular complexity index is 351. The van der Waals surface area contributed by atoms with Gasteiger partial charge in [0.2, 0.25) is 0 Å². The van der Waals surface area contributed by atoms with Gasteiger partial charge in [-0.3, -0.25) is 4.98 Å². The molecule has 0 fully saturated rings. The van der Waals surface area contributed by atoms with E-state index >= 15 is 0 Å². The van der Waals surface area contributed by atoms with Gasteiger partial charge in [0.15, 0.2) is 0 Å². The quantitative estimate of drug-likeness (QED) is 0.494. The average Bonchev–Trinajstić information content (AvgIpc) is 2.45. The number of rotatable bonds is 9. The van der Waals surface area contributed by atoms with E-state index in [4.69, 9.17) is 4.74 Å². The number of nitrogens with zero attached hydrogens (tertiary/aromatic N) is 1. The number of aromatic nitrogens is 1. The molecule has 1 rings (SSSR count). The van der Waals surface area contributed by atoms with Gasteiger partial charge in [-0.2, -0.15) is 0 Å². The standard InChI is InChI=1S/C16H25NO2/c1-3-5-6-8-14(7-4-2)13-19-16(18)15-9-11-17-12-10-15/h9-12,14H,3-8,13H2,1-2H3. The Kier molecular flexibility index (Phi) is 7.87. The van der Waals surface area contributed by atoms with Gasteiger partial charge in [0.1, 0.15) is 0 Å². The van der Waals surface area contributed by atoms with Crippen molar-refractivity contribution < 1.29 is 9.53 Å². The fourth-order valence-electron chi connectivity index (χ4n) is 2.17. The number of unbranched alkanes of at least 4 members (excludes halogenated alkanes) is 2. The van der Waals surface area contributed by atoms with Crippen LogP contribution in [0.1, 0.15) is 62.7 Å². The van der Waals surface area contributed by atoms with Crippen LogP contribution in [0.2, 0.25) is 0 Å². The van der Waals surface area contributed by atoms with E-state index < -0.39 is 0 Å². The van der Waals surface area contributed by atoms with E-state index in [1.54, 1.807) is 24.5 Å². The van der Waals surface area contributed by atoms with Crippen molar-refractivity contribution in [1.29, 1.82) is 0 Å². The molecular formula is C16H25NO2. The van der Waals surface area contributed by atoms with Crippen molar-refractivity contribution in [2.24, 2.45) is 5.92 Å². The summed E-state index contributed by atoms with van der Waals surface area (Å²) in [5.41, 5.74) is 0.582. The minimum absolute atomic E-state index is 0.237. The van der Waals surface area contributed by atoms with Gasteiger partial charge in [0.25, 0.3) is 0 Å². The second-order valence-corrected chi connectivity index (χ2v) is 4.98. The highest BCUT2D eigenvalue weighted by molar-refractivity contribution is 5.89. The zero-order valence-electron chi connectivity index (χ0n) is 12.1. The van der Waals surface area contributed by atoms with E-state index in [2.05, 4.69) is 18.8 Å². The topological polar surface area (TPSA) is 39.2 Å². The van der Waals surface area contributed by atoms with Gasteiger partial charge in [-0.1, -0.05) is 39.5 Å². The Hall–Kier alpha value is -1.38. The van der Waals surface area contributed by atoms with Crippen LogP contribution in [-0.2, 0) is 4.74 Å². The molecule has 0 N–H and O–H groups in total. The van der Waals surface area contributed by atoms with Crippen LogP contribution in [0.25, 0.3) is 0 Å². The van der Waals surface area contributed by atoms with Crippen molar-refractivity contribution in [3.63, 3.8) is 0 Å². The molecule has 1 aromatic rings. The number of hydrogen-bond acceptors (Lipinski definition) is 3. The Morgan fingerprint density at radius 1 is 1.16 bits per heavy atom. The SMILES string of the molecule is CCCCCC(CCC)COC(=O)c1ccncc1. The summed E-state index contributed by atoms with van der Waals surface area (Å²) in [4.78, 5) is 15.7. The third-order valence-electron chi connectivity index (χ3n) is 3.28. The predicted molar refractivity (Wildman–Crippen MR) is 77.1 cm³/mol. The summed E-state index contributed by atoms with van der Waals surface area (Å²) in [6, 6.07) is 3.38. The molecule has 0 bridgehead atoms. The molecule has 106 valence electrons. The lowest BCUT2D eigenvalue weighted by Crippen LogP contribution is -2.14. The van der Waals surface area contributed by atoms with Crippen LogP contribution >= 0.6 is 0 Å². The highest BCUT2D eigenvalue weighted by atomic mass is 16.5. The van der Waals surface area contributed by atoms with Gasteiger partial charge in [-0.15, -0.1) is 0 Å². The molecule has 0 aliphatic rings. The first-order valence-electron chi connectivity index (χ1n) is 7.35. The molecule has 1 aromatic heterocycles. The van der Waals surface area contributed by atoms with Gasteiger partial charge in [0, 0.05) is 12.4 Å². The van der Waals surface area contributed by atoms with Crippen molar-refractivity contribution in [3.8, 4) is 0 Å². The number of ether oxygens (including phenoxy) is 1. The summed E-state index contributed by atoms with van der Waals surface area (Å²) in [6.45, 7) is 4.93. The number of esters is 1. The smallest absolute Gasteiger partial charge is 0.338 e. The van der Waals surface area contributed by atoms with Gasteiger partial charge in [-0.05, 0) is 30.9 Å². The molecule has 3 nitrogen and oxygen atoms in total. The summed E-state index contributed by atoms with van der Waals surface area (Å²) in [6.07, 6.45) is 10.4. The molecule has 0 radical (unpaired) electrons. The van der Waals surface area contributed by atoms with Crippen LogP contribution < -0.4 is 0 Å². The second kappa shape index (κ2) is 9.54. The average molecular weight is 263 g/mol. The third kappa shape index (κ3) is 6.37. The van der Waals surface area contributed by atoms with Crippen LogP contribution in [0.3, 0.4) is 0 Å². The molecule has 19 heavy (non-hydrogen) atoms. The molecule has 3 heteroatoms. The van der Waals surface area contributed by atoms with E-state index in [0.717, 1.165) is 19.3 Å². The zero-order valence-corrected chi connectivity index (χ0v) is 12.1. The number of carbonyl (C=O) groups excluding carboxylic acids is 1. The van der Waals surface area contributed by atoms with Crippen LogP contribution in [-0.4, -0.2) is 17.6 Å². The predicted octanol–water partition coefficient (Wildman–Crippen LogP) is 4.24. The van der Waals surface area contributed by atoms with Crippen molar-refractivity contribution in [1.82, 2.24) is 4.98 Å². The van der Waals surface area contributed by atoms with Crippen molar-refractivity contribution in [2.75, 3.05) is 6.61 Å². The maximum absolute atomic E-state index is 11.8. The fraction of sp³-hybridized carbons (Fsp3) is 0.625. The summed E-state index contributed by atoms with van der Waals surface area (Å²) < 4.78 is 5.41. The lowest BCUT2D eigenvalue weighted by molar-refractivity contribution is 0.0423. The molecule has 0 saturated heterocycles. The number of pyridine rings is 1. The monoisotopic (exact) mass is 263 g/mol. The van der Waals surface area contributed by atoms with E-state index in [-0.39, 0.29) is 5.97 Å². The first kappa shape index (κ1) is 15.7. The Balaban J connectivity index is 2.36. The third-order valence-corrected chi connectivity index (χ3v) is 3.28. The first-order chi connectivity index (χ1) is 9.27. The Labute approximate surface area is 116 Å². The summed E-state index contributed by atoms with van der Waals surface area (Å²) in [7, 11) is 0. The largest absolute Gasteiger partial charge is 0.462 e. The van der Waals surface area contributed by atoms with Crippen molar-refractivity contribution >= 4 is 5.97 Å². The molecule has 0 amide bonds. The zero-order chi connectivity index (χ0) is 13.9. The summed E-state index contributed by atoms with van der Waals surface area (Å²) >= 11 is 0. The molecule has 0 aromatic carbocycles. The fourth-order valence-corrected chi connectivity index (χ4v) is 2.17. The number of carbonyl (C=O) groups is 1. The molecule has 0 spiro atoms. The minimum atomic E-state index is -0.237. The maximum Gasteiger partial charge on any atom is 0.338 e. The second-order valence-electron chi connectivity index (χ2n) is 4.98. The van der Waals surface area contributed by atoms with Crippen LogP contribution in [0.4, 0.5) is 0 Å². The van der Waals surface area contributed by atoms with Crippen LogP contribution in [0.15, 0.2) is 24.5 Å². The van der Waals surface area contributed by atoms with Crippen LogP contribution in [0, 0.1) is 5.92 Å². The van der Waals surface area contributed by atoms with Crippen molar-refractivity contribution in [3.05, 3.63) is 30.1 Å². The van der Waals surface area contributed by atoms with Crippen LogP contribution in [0.5, 0.6) is 0 Å². The molecule has 0 aliphatic carbocycles. The van der Waals surface area contributed by atoms with Gasteiger partial charge >= 0.3 is 5.97 Å². The van der Waals surface area contributed by atoms with E-state index in [1.165, 1.54) is 19.3 Å². The molecule has 0 aliphatic heterocycles. The van der Waals surface area contributed by atoms with E-state index in [1.807, 2.05) is 0 Å². The molecule has 1 unspecified atom stereocenters. The lowest BCUT2D eigenvalue weighted by atomic mass is 9.97. The Morgan fingerprint density at radius 2 is 1.89 bits per heavy atom. The Morgan fingerprint density at radius 3 is 2.53 bits per heavy atom. The molecular weight excluding hydrogens is 238 g/mol. The normalized spacial score (nSPS) is 12.1. The molecule has 1 heterocycles. The molecule has 1 atom stereocenters. The maximum atomic E-state index is 11.8. The first-order valence-corrected chi connectivity index (χ1v) is 7.35. The molecule has 0 saturated carbocycles.